The molecule has 0 atom stereocenters. The van der Waals surface area contributed by atoms with Gasteiger partial charge in [-0.05, 0) is 60.4 Å². The summed E-state index contributed by atoms with van der Waals surface area (Å²) in [6.07, 6.45) is 0. The van der Waals surface area contributed by atoms with Crippen LogP contribution in [-0.4, -0.2) is 50.0 Å². The van der Waals surface area contributed by atoms with Gasteiger partial charge in [0, 0.05) is 25.3 Å². The van der Waals surface area contributed by atoms with Gasteiger partial charge in [-0.3, -0.25) is 9.59 Å². The molecule has 2 aromatic rings. The minimum Gasteiger partial charge on any atom is -0.482 e. The van der Waals surface area contributed by atoms with E-state index in [2.05, 4.69) is 19.2 Å². The zero-order valence-electron chi connectivity index (χ0n) is 18.0. The average Bonchev–Trinajstić information content (AvgIpc) is 2.70. The fourth-order valence-corrected chi connectivity index (χ4v) is 2.87. The van der Waals surface area contributed by atoms with Crippen molar-refractivity contribution in [1.29, 1.82) is 0 Å². The van der Waals surface area contributed by atoms with Crippen LogP contribution in [0.4, 0.5) is 5.69 Å². The van der Waals surface area contributed by atoms with E-state index in [0.29, 0.717) is 22.9 Å². The lowest BCUT2D eigenvalue weighted by molar-refractivity contribution is -0.149. The van der Waals surface area contributed by atoms with E-state index < -0.39 is 18.5 Å². The van der Waals surface area contributed by atoms with Crippen molar-refractivity contribution in [2.75, 3.05) is 32.6 Å². The van der Waals surface area contributed by atoms with Crippen LogP contribution in [0.1, 0.15) is 41.3 Å². The number of hydrogen-bond donors (Lipinski definition) is 1. The van der Waals surface area contributed by atoms with E-state index >= 15 is 0 Å². The van der Waals surface area contributed by atoms with Gasteiger partial charge in [-0.2, -0.15) is 0 Å². The van der Waals surface area contributed by atoms with Gasteiger partial charge in [-0.25, -0.2) is 4.79 Å². The smallest absolute Gasteiger partial charge is 0.344 e. The number of nitrogens with one attached hydrogen (secondary N) is 1. The molecule has 0 radical (unpaired) electrons. The molecule has 0 aromatic heterocycles. The van der Waals surface area contributed by atoms with Crippen LogP contribution in [-0.2, 0) is 14.3 Å². The van der Waals surface area contributed by atoms with E-state index in [9.17, 15) is 14.4 Å². The molecule has 1 N–H and O–H groups in total. The molecule has 0 saturated carbocycles. The summed E-state index contributed by atoms with van der Waals surface area (Å²) in [6, 6.07) is 12.1. The molecule has 0 bridgehead atoms. The van der Waals surface area contributed by atoms with Gasteiger partial charge in [0.2, 0.25) is 0 Å². The first-order valence-electron chi connectivity index (χ1n) is 9.68. The number of hydrogen-bond acceptors (Lipinski definition) is 5. The van der Waals surface area contributed by atoms with Crippen LogP contribution >= 0.6 is 0 Å². The molecule has 160 valence electrons. The molecule has 0 aliphatic carbocycles. The molecule has 2 rings (SSSR count). The average molecular weight is 412 g/mol. The fraction of sp³-hybridized carbons (Fsp3) is 0.348. The van der Waals surface area contributed by atoms with E-state index in [-0.39, 0.29) is 12.5 Å². The monoisotopic (exact) mass is 412 g/mol. The molecule has 0 heterocycles. The quantitative estimate of drug-likeness (QED) is 0.672. The van der Waals surface area contributed by atoms with Gasteiger partial charge >= 0.3 is 5.97 Å². The van der Waals surface area contributed by atoms with Crippen LogP contribution < -0.4 is 10.1 Å². The number of rotatable bonds is 8. The van der Waals surface area contributed by atoms with E-state index in [0.717, 1.165) is 5.56 Å². The standard InChI is InChI=1S/C23H28N2O5/c1-15(2)20-11-10-19(12-16(20)3)29-14-22(27)30-13-21(26)24-18-8-6-17(7-9-18)23(28)25(4)5/h6-12,15H,13-14H2,1-5H3,(H,24,26). The highest BCUT2D eigenvalue weighted by Crippen LogP contribution is 2.23. The van der Waals surface area contributed by atoms with Crippen LogP contribution in [0.15, 0.2) is 42.5 Å². The minimum atomic E-state index is -0.636. The van der Waals surface area contributed by atoms with Crippen molar-refractivity contribution in [2.24, 2.45) is 0 Å². The molecule has 0 saturated heterocycles. The summed E-state index contributed by atoms with van der Waals surface area (Å²) in [5, 5.41) is 2.61. The third-order valence-electron chi connectivity index (χ3n) is 4.41. The summed E-state index contributed by atoms with van der Waals surface area (Å²) < 4.78 is 10.4. The first kappa shape index (κ1) is 22.9. The zero-order chi connectivity index (χ0) is 22.3. The van der Waals surface area contributed by atoms with Crippen LogP contribution in [0.2, 0.25) is 0 Å². The molecular weight excluding hydrogens is 384 g/mol. The lowest BCUT2D eigenvalue weighted by Gasteiger charge is -2.12. The molecule has 0 aliphatic rings. The number of benzene rings is 2. The maximum absolute atomic E-state index is 12.0. The molecule has 0 spiro atoms. The number of anilines is 1. The summed E-state index contributed by atoms with van der Waals surface area (Å²) in [7, 11) is 3.33. The van der Waals surface area contributed by atoms with Crippen molar-refractivity contribution in [3.63, 3.8) is 0 Å². The summed E-state index contributed by atoms with van der Waals surface area (Å²) in [4.78, 5) is 37.1. The summed E-state index contributed by atoms with van der Waals surface area (Å²) in [5.41, 5.74) is 3.33. The Balaban J connectivity index is 1.77. The summed E-state index contributed by atoms with van der Waals surface area (Å²) >= 11 is 0. The van der Waals surface area contributed by atoms with Gasteiger partial charge in [0.15, 0.2) is 13.2 Å². The van der Waals surface area contributed by atoms with Gasteiger partial charge < -0.3 is 19.7 Å². The number of esters is 1. The Morgan fingerprint density at radius 1 is 1.00 bits per heavy atom. The molecule has 0 aliphatic heterocycles. The van der Waals surface area contributed by atoms with Gasteiger partial charge in [0.1, 0.15) is 5.75 Å². The van der Waals surface area contributed by atoms with Gasteiger partial charge in [0.05, 0.1) is 0 Å². The molecule has 2 amide bonds. The van der Waals surface area contributed by atoms with E-state index in [1.54, 1.807) is 38.4 Å². The maximum Gasteiger partial charge on any atom is 0.344 e. The number of ether oxygens (including phenoxy) is 2. The van der Waals surface area contributed by atoms with E-state index in [1.807, 2.05) is 25.1 Å². The van der Waals surface area contributed by atoms with E-state index in [1.165, 1.54) is 10.5 Å². The minimum absolute atomic E-state index is 0.129. The Hall–Kier alpha value is -3.35. The predicted molar refractivity (Wildman–Crippen MR) is 115 cm³/mol. The molecule has 0 unspecified atom stereocenters. The zero-order valence-corrected chi connectivity index (χ0v) is 18.0. The number of nitrogens with zero attached hydrogens (tertiary/aromatic N) is 1. The highest BCUT2D eigenvalue weighted by atomic mass is 16.6. The number of carbonyl (C=O) groups is 3. The second kappa shape index (κ2) is 10.4. The van der Waals surface area contributed by atoms with Gasteiger partial charge in [-0.1, -0.05) is 19.9 Å². The van der Waals surface area contributed by atoms with Gasteiger partial charge in [-0.15, -0.1) is 0 Å². The van der Waals surface area contributed by atoms with Crippen molar-refractivity contribution in [2.45, 2.75) is 26.7 Å². The lowest BCUT2D eigenvalue weighted by atomic mass is 9.98. The molecular formula is C23H28N2O5. The van der Waals surface area contributed by atoms with Crippen molar-refractivity contribution in [3.8, 4) is 5.75 Å². The predicted octanol–water partition coefficient (Wildman–Crippen LogP) is 3.38. The Labute approximate surface area is 177 Å². The number of aryl methyl sites for hydroxylation is 1. The second-order valence-corrected chi connectivity index (χ2v) is 7.45. The van der Waals surface area contributed by atoms with Crippen molar-refractivity contribution < 1.29 is 23.9 Å². The van der Waals surface area contributed by atoms with Crippen LogP contribution in [0.5, 0.6) is 5.75 Å². The third kappa shape index (κ3) is 6.62. The molecule has 2 aromatic carbocycles. The third-order valence-corrected chi connectivity index (χ3v) is 4.41. The Morgan fingerprint density at radius 2 is 1.67 bits per heavy atom. The summed E-state index contributed by atoms with van der Waals surface area (Å²) in [6.45, 7) is 5.51. The Kier molecular flexibility index (Phi) is 7.98. The molecule has 30 heavy (non-hydrogen) atoms. The Bertz CT molecular complexity index is 904. The first-order valence-corrected chi connectivity index (χ1v) is 9.68. The number of carbonyl (C=O) groups excluding carboxylic acids is 3. The summed E-state index contributed by atoms with van der Waals surface area (Å²) in [5.74, 6) is -0.261. The van der Waals surface area contributed by atoms with Crippen molar-refractivity contribution in [3.05, 3.63) is 59.2 Å². The highest BCUT2D eigenvalue weighted by Gasteiger charge is 2.11. The van der Waals surface area contributed by atoms with Crippen LogP contribution in [0.3, 0.4) is 0 Å². The van der Waals surface area contributed by atoms with Crippen LogP contribution in [0.25, 0.3) is 0 Å². The normalized spacial score (nSPS) is 10.5. The van der Waals surface area contributed by atoms with E-state index in [4.69, 9.17) is 9.47 Å². The molecule has 7 nitrogen and oxygen atoms in total. The molecule has 7 heteroatoms. The highest BCUT2D eigenvalue weighted by molar-refractivity contribution is 5.96. The topological polar surface area (TPSA) is 84.9 Å². The lowest BCUT2D eigenvalue weighted by Crippen LogP contribution is -2.24. The Morgan fingerprint density at radius 3 is 2.23 bits per heavy atom. The maximum atomic E-state index is 12.0. The first-order chi connectivity index (χ1) is 14.2. The van der Waals surface area contributed by atoms with Crippen molar-refractivity contribution in [1.82, 2.24) is 4.90 Å². The van der Waals surface area contributed by atoms with Gasteiger partial charge in [0.25, 0.3) is 11.8 Å². The SMILES string of the molecule is Cc1cc(OCC(=O)OCC(=O)Nc2ccc(C(=O)N(C)C)cc2)ccc1C(C)C. The number of amides is 2. The second-order valence-electron chi connectivity index (χ2n) is 7.45. The fourth-order valence-electron chi connectivity index (χ4n) is 2.87. The van der Waals surface area contributed by atoms with Crippen LogP contribution in [0, 0.1) is 6.92 Å². The largest absolute Gasteiger partial charge is 0.482 e. The molecule has 0 fully saturated rings. The van der Waals surface area contributed by atoms with Crippen molar-refractivity contribution >= 4 is 23.5 Å².